The van der Waals surface area contributed by atoms with Gasteiger partial charge in [0.15, 0.2) is 0 Å². The molecule has 0 spiro atoms. The summed E-state index contributed by atoms with van der Waals surface area (Å²) in [7, 11) is 0. The maximum Gasteiger partial charge on any atom is 0.223 e. The predicted molar refractivity (Wildman–Crippen MR) is 114 cm³/mol. The first-order valence-electron chi connectivity index (χ1n) is 10.1. The van der Waals surface area contributed by atoms with Crippen molar-refractivity contribution in [3.8, 4) is 0 Å². The molecule has 1 N–H and O–H groups in total. The predicted octanol–water partition coefficient (Wildman–Crippen LogP) is 4.84. The lowest BCUT2D eigenvalue weighted by molar-refractivity contribution is -0.126. The number of halogens is 1. The molecule has 0 radical (unpaired) electrons. The molecule has 1 saturated heterocycles. The zero-order valence-corrected chi connectivity index (χ0v) is 18.0. The Balaban J connectivity index is 1.29. The van der Waals surface area contributed by atoms with Gasteiger partial charge < -0.3 is 5.32 Å². The van der Waals surface area contributed by atoms with Crippen LogP contribution in [0.1, 0.15) is 50.5 Å². The van der Waals surface area contributed by atoms with Crippen LogP contribution in [0.2, 0.25) is 0 Å². The van der Waals surface area contributed by atoms with E-state index in [1.807, 2.05) is 0 Å². The fraction of sp³-hybridized carbons (Fsp3) is 0.667. The van der Waals surface area contributed by atoms with Gasteiger partial charge in [-0.15, -0.1) is 0 Å². The second-order valence-electron chi connectivity index (χ2n) is 7.60. The van der Waals surface area contributed by atoms with Crippen LogP contribution in [0.25, 0.3) is 0 Å². The molecule has 2 fully saturated rings. The number of carbonyl (C=O) groups is 1. The number of carbonyl (C=O) groups excluding carboxylic acids is 1. The van der Waals surface area contributed by atoms with Crippen molar-refractivity contribution in [1.82, 2.24) is 10.2 Å². The minimum absolute atomic E-state index is 0.204. The van der Waals surface area contributed by atoms with Crippen molar-refractivity contribution in [2.75, 3.05) is 25.4 Å². The van der Waals surface area contributed by atoms with Gasteiger partial charge in [-0.25, -0.2) is 0 Å². The van der Waals surface area contributed by atoms with Gasteiger partial charge in [0.1, 0.15) is 0 Å². The summed E-state index contributed by atoms with van der Waals surface area (Å²) < 4.78 is 1.12. The number of nitrogens with zero attached hydrogens (tertiary/aromatic N) is 1. The summed E-state index contributed by atoms with van der Waals surface area (Å²) in [6.07, 6.45) is 8.90. The van der Waals surface area contributed by atoms with Crippen LogP contribution in [0, 0.1) is 5.92 Å². The number of thioether (sulfide) groups is 1. The second-order valence-corrected chi connectivity index (χ2v) is 9.92. The molecule has 0 bridgehead atoms. The van der Waals surface area contributed by atoms with Gasteiger partial charge in [-0.3, -0.25) is 9.69 Å². The van der Waals surface area contributed by atoms with Crippen molar-refractivity contribution >= 4 is 33.6 Å². The van der Waals surface area contributed by atoms with Crippen molar-refractivity contribution in [3.05, 3.63) is 34.3 Å². The molecule has 1 aromatic carbocycles. The van der Waals surface area contributed by atoms with Gasteiger partial charge in [0.05, 0.1) is 0 Å². The molecular formula is C21H31BrN2OS. The van der Waals surface area contributed by atoms with Crippen LogP contribution in [0.15, 0.2) is 28.7 Å². The molecule has 2 aliphatic rings. The fourth-order valence-corrected chi connectivity index (χ4v) is 5.46. The van der Waals surface area contributed by atoms with Gasteiger partial charge in [-0.2, -0.15) is 11.8 Å². The lowest BCUT2D eigenvalue weighted by atomic mass is 9.95. The molecule has 144 valence electrons. The smallest absolute Gasteiger partial charge is 0.223 e. The van der Waals surface area contributed by atoms with Crippen molar-refractivity contribution < 1.29 is 4.79 Å². The molecule has 1 heterocycles. The number of likely N-dealkylation sites (tertiary alicyclic amines) is 1. The topological polar surface area (TPSA) is 32.3 Å². The van der Waals surface area contributed by atoms with Gasteiger partial charge >= 0.3 is 0 Å². The fourth-order valence-electron chi connectivity index (χ4n) is 3.98. The quantitative estimate of drug-likeness (QED) is 0.617. The largest absolute Gasteiger partial charge is 0.355 e. The first-order chi connectivity index (χ1) is 12.7. The summed E-state index contributed by atoms with van der Waals surface area (Å²) in [4.78, 5) is 14.9. The summed E-state index contributed by atoms with van der Waals surface area (Å²) in [5.41, 5.74) is 1.34. The van der Waals surface area contributed by atoms with E-state index in [1.165, 1.54) is 37.7 Å². The number of rotatable bonds is 7. The summed E-state index contributed by atoms with van der Waals surface area (Å²) in [5.74, 6) is 1.55. The molecular weight excluding hydrogens is 408 g/mol. The Kier molecular flexibility index (Phi) is 8.34. The number of piperidine rings is 1. The van der Waals surface area contributed by atoms with Gasteiger partial charge in [0.25, 0.3) is 0 Å². The number of nitrogens with one attached hydrogen (secondary N) is 1. The monoisotopic (exact) mass is 438 g/mol. The Morgan fingerprint density at radius 1 is 1.08 bits per heavy atom. The molecule has 1 saturated carbocycles. The van der Waals surface area contributed by atoms with Crippen molar-refractivity contribution in [2.24, 2.45) is 5.92 Å². The van der Waals surface area contributed by atoms with Crippen LogP contribution in [0.4, 0.5) is 0 Å². The molecule has 5 heteroatoms. The maximum atomic E-state index is 12.4. The Morgan fingerprint density at radius 2 is 1.77 bits per heavy atom. The van der Waals surface area contributed by atoms with Crippen LogP contribution >= 0.6 is 27.7 Å². The lowest BCUT2D eigenvalue weighted by Crippen LogP contribution is -2.40. The van der Waals surface area contributed by atoms with E-state index >= 15 is 0 Å². The first kappa shape index (κ1) is 20.2. The zero-order chi connectivity index (χ0) is 18.2. The Hall–Kier alpha value is -0.520. The highest BCUT2D eigenvalue weighted by atomic mass is 79.9. The SMILES string of the molecule is O=C(NCCSC1CCCCC1)C1CCN(Cc2ccc(Br)cc2)CC1. The number of amides is 1. The molecule has 0 aromatic heterocycles. The van der Waals surface area contributed by atoms with Crippen LogP contribution in [-0.4, -0.2) is 41.4 Å². The average Bonchev–Trinajstić information content (AvgIpc) is 2.68. The van der Waals surface area contributed by atoms with E-state index in [0.717, 1.165) is 54.5 Å². The molecule has 0 unspecified atom stereocenters. The highest BCUT2D eigenvalue weighted by Crippen LogP contribution is 2.27. The van der Waals surface area contributed by atoms with E-state index in [9.17, 15) is 4.79 Å². The third-order valence-corrected chi connectivity index (χ3v) is 7.50. The summed E-state index contributed by atoms with van der Waals surface area (Å²) in [6.45, 7) is 3.86. The van der Waals surface area contributed by atoms with Crippen molar-refractivity contribution in [3.63, 3.8) is 0 Å². The molecule has 3 rings (SSSR count). The van der Waals surface area contributed by atoms with Crippen LogP contribution in [-0.2, 0) is 11.3 Å². The third kappa shape index (κ3) is 6.58. The van der Waals surface area contributed by atoms with E-state index in [1.54, 1.807) is 0 Å². The molecule has 1 aromatic rings. The zero-order valence-electron chi connectivity index (χ0n) is 15.6. The van der Waals surface area contributed by atoms with Crippen LogP contribution in [0.3, 0.4) is 0 Å². The van der Waals surface area contributed by atoms with E-state index in [4.69, 9.17) is 0 Å². The van der Waals surface area contributed by atoms with Crippen LogP contribution < -0.4 is 5.32 Å². The van der Waals surface area contributed by atoms with Gasteiger partial charge in [0.2, 0.25) is 5.91 Å². The van der Waals surface area contributed by atoms with E-state index in [2.05, 4.69) is 62.2 Å². The number of hydrogen-bond acceptors (Lipinski definition) is 3. The highest BCUT2D eigenvalue weighted by Gasteiger charge is 2.24. The second kappa shape index (κ2) is 10.7. The van der Waals surface area contributed by atoms with E-state index in [0.29, 0.717) is 0 Å². The normalized spacial score (nSPS) is 20.2. The Bertz CT molecular complexity index is 552. The van der Waals surface area contributed by atoms with Crippen LogP contribution in [0.5, 0.6) is 0 Å². The van der Waals surface area contributed by atoms with Gasteiger partial charge in [-0.05, 0) is 56.5 Å². The van der Waals surface area contributed by atoms with E-state index in [-0.39, 0.29) is 11.8 Å². The lowest BCUT2D eigenvalue weighted by Gasteiger charge is -2.31. The minimum Gasteiger partial charge on any atom is -0.355 e. The van der Waals surface area contributed by atoms with E-state index < -0.39 is 0 Å². The third-order valence-electron chi connectivity index (χ3n) is 5.58. The van der Waals surface area contributed by atoms with Crippen molar-refractivity contribution in [1.29, 1.82) is 0 Å². The molecule has 1 amide bonds. The molecule has 26 heavy (non-hydrogen) atoms. The highest BCUT2D eigenvalue weighted by molar-refractivity contribution is 9.10. The number of hydrogen-bond donors (Lipinski definition) is 1. The Morgan fingerprint density at radius 3 is 2.46 bits per heavy atom. The summed E-state index contributed by atoms with van der Waals surface area (Å²) in [5, 5.41) is 4.01. The maximum absolute atomic E-state index is 12.4. The molecule has 1 aliphatic heterocycles. The van der Waals surface area contributed by atoms with Gasteiger partial charge in [0, 0.05) is 34.5 Å². The first-order valence-corrected chi connectivity index (χ1v) is 11.9. The van der Waals surface area contributed by atoms with Gasteiger partial charge in [-0.1, -0.05) is 47.3 Å². The molecule has 0 atom stereocenters. The minimum atomic E-state index is 0.204. The number of benzene rings is 1. The summed E-state index contributed by atoms with van der Waals surface area (Å²) in [6, 6.07) is 8.54. The molecule has 3 nitrogen and oxygen atoms in total. The standard InChI is InChI=1S/C21H31BrN2OS/c22-19-8-6-17(7-9-19)16-24-13-10-18(11-14-24)21(25)23-12-15-26-20-4-2-1-3-5-20/h6-9,18,20H,1-5,10-16H2,(H,23,25). The molecule has 1 aliphatic carbocycles. The summed E-state index contributed by atoms with van der Waals surface area (Å²) >= 11 is 5.55. The Labute approximate surface area is 170 Å². The average molecular weight is 439 g/mol. The van der Waals surface area contributed by atoms with Crippen molar-refractivity contribution in [2.45, 2.75) is 56.7 Å².